The lowest BCUT2D eigenvalue weighted by Gasteiger charge is -2.15. The standard InChI is InChI=1S/C24H44O4/c1-19(2)10-7-11-20(3)12-8-13-21(4)14-9-15-22(5)16-17-28-23(26)24(6,27)18-25/h16,18-21,27H,7-15,17H2,1-6H3/b22-16+/t20-,21-,24?/m1/s1. The molecule has 0 bridgehead atoms. The van der Waals surface area contributed by atoms with Gasteiger partial charge in [-0.05, 0) is 50.5 Å². The summed E-state index contributed by atoms with van der Waals surface area (Å²) in [4.78, 5) is 22.1. The molecule has 0 rings (SSSR count). The van der Waals surface area contributed by atoms with E-state index in [-0.39, 0.29) is 12.9 Å². The van der Waals surface area contributed by atoms with Gasteiger partial charge >= 0.3 is 5.97 Å². The van der Waals surface area contributed by atoms with Crippen LogP contribution in [0.3, 0.4) is 0 Å². The number of rotatable bonds is 16. The first kappa shape index (κ1) is 26.8. The predicted octanol–water partition coefficient (Wildman–Crippen LogP) is 5.86. The van der Waals surface area contributed by atoms with Gasteiger partial charge in [0.25, 0.3) is 0 Å². The Morgan fingerprint density at radius 1 is 0.964 bits per heavy atom. The lowest BCUT2D eigenvalue weighted by molar-refractivity contribution is -0.163. The van der Waals surface area contributed by atoms with E-state index in [0.717, 1.165) is 37.5 Å². The molecule has 0 aromatic carbocycles. The number of allylic oxidation sites excluding steroid dienone is 1. The highest BCUT2D eigenvalue weighted by atomic mass is 16.5. The highest BCUT2D eigenvalue weighted by molar-refractivity contribution is 5.95. The first-order chi connectivity index (χ1) is 13.1. The largest absolute Gasteiger partial charge is 0.459 e. The summed E-state index contributed by atoms with van der Waals surface area (Å²) < 4.78 is 4.92. The number of aliphatic hydroxyl groups is 1. The molecule has 0 aromatic heterocycles. The van der Waals surface area contributed by atoms with Crippen LogP contribution in [0, 0.1) is 17.8 Å². The fraction of sp³-hybridized carbons (Fsp3) is 0.833. The van der Waals surface area contributed by atoms with E-state index in [4.69, 9.17) is 4.74 Å². The Morgan fingerprint density at radius 2 is 1.46 bits per heavy atom. The number of carbonyl (C=O) groups is 2. The van der Waals surface area contributed by atoms with Crippen LogP contribution in [0.15, 0.2) is 11.6 Å². The van der Waals surface area contributed by atoms with Gasteiger partial charge in [0.1, 0.15) is 6.61 Å². The minimum absolute atomic E-state index is 0.0961. The van der Waals surface area contributed by atoms with Crippen LogP contribution in [0.4, 0.5) is 0 Å². The monoisotopic (exact) mass is 396 g/mol. The van der Waals surface area contributed by atoms with Crippen molar-refractivity contribution in [2.75, 3.05) is 6.61 Å². The summed E-state index contributed by atoms with van der Waals surface area (Å²) in [7, 11) is 0. The van der Waals surface area contributed by atoms with Crippen LogP contribution in [0.5, 0.6) is 0 Å². The maximum atomic E-state index is 11.5. The lowest BCUT2D eigenvalue weighted by Crippen LogP contribution is -2.38. The second kappa shape index (κ2) is 14.8. The zero-order chi connectivity index (χ0) is 21.6. The van der Waals surface area contributed by atoms with Crippen LogP contribution in [0.25, 0.3) is 0 Å². The third kappa shape index (κ3) is 13.9. The van der Waals surface area contributed by atoms with Gasteiger partial charge < -0.3 is 9.84 Å². The van der Waals surface area contributed by atoms with Crippen LogP contribution >= 0.6 is 0 Å². The van der Waals surface area contributed by atoms with E-state index < -0.39 is 11.6 Å². The molecule has 0 heterocycles. The van der Waals surface area contributed by atoms with E-state index in [1.54, 1.807) is 0 Å². The Balaban J connectivity index is 3.83. The number of aldehydes is 1. The van der Waals surface area contributed by atoms with Gasteiger partial charge in [-0.15, -0.1) is 0 Å². The number of ether oxygens (including phenoxy) is 1. The highest BCUT2D eigenvalue weighted by Crippen LogP contribution is 2.22. The van der Waals surface area contributed by atoms with Crippen LogP contribution < -0.4 is 0 Å². The first-order valence-electron chi connectivity index (χ1n) is 11.1. The van der Waals surface area contributed by atoms with E-state index in [9.17, 15) is 14.7 Å². The fourth-order valence-electron chi connectivity index (χ4n) is 3.26. The topological polar surface area (TPSA) is 63.6 Å². The third-order valence-corrected chi connectivity index (χ3v) is 5.43. The summed E-state index contributed by atoms with van der Waals surface area (Å²) in [6.45, 7) is 12.6. The van der Waals surface area contributed by atoms with Crippen LogP contribution in [0.2, 0.25) is 0 Å². The number of esters is 1. The molecule has 0 amide bonds. The van der Waals surface area contributed by atoms with Crippen molar-refractivity contribution in [1.82, 2.24) is 0 Å². The molecule has 0 fully saturated rings. The Morgan fingerprint density at radius 3 is 1.96 bits per heavy atom. The molecule has 1 unspecified atom stereocenters. The average Bonchev–Trinajstić information content (AvgIpc) is 2.61. The van der Waals surface area contributed by atoms with Gasteiger partial charge in [0.15, 0.2) is 6.29 Å². The molecule has 0 aliphatic rings. The quantitative estimate of drug-likeness (QED) is 0.153. The number of hydrogen-bond donors (Lipinski definition) is 1. The van der Waals surface area contributed by atoms with Gasteiger partial charge in [-0.25, -0.2) is 4.79 Å². The van der Waals surface area contributed by atoms with Gasteiger partial charge in [0.2, 0.25) is 5.60 Å². The summed E-state index contributed by atoms with van der Waals surface area (Å²) in [6.07, 6.45) is 13.4. The van der Waals surface area contributed by atoms with Crippen LogP contribution in [0.1, 0.15) is 99.3 Å². The van der Waals surface area contributed by atoms with Gasteiger partial charge in [0.05, 0.1) is 0 Å². The molecule has 0 saturated heterocycles. The first-order valence-corrected chi connectivity index (χ1v) is 11.1. The van der Waals surface area contributed by atoms with Crippen molar-refractivity contribution >= 4 is 12.3 Å². The van der Waals surface area contributed by atoms with Crippen LogP contribution in [-0.4, -0.2) is 29.6 Å². The Bertz CT molecular complexity index is 465. The molecular formula is C24H44O4. The van der Waals surface area contributed by atoms with Crippen molar-refractivity contribution in [3.05, 3.63) is 11.6 Å². The molecular weight excluding hydrogens is 352 g/mol. The molecule has 3 atom stereocenters. The summed E-state index contributed by atoms with van der Waals surface area (Å²) in [5.74, 6) is 1.51. The van der Waals surface area contributed by atoms with Crippen molar-refractivity contribution in [1.29, 1.82) is 0 Å². The van der Waals surface area contributed by atoms with Gasteiger partial charge in [-0.2, -0.15) is 0 Å². The van der Waals surface area contributed by atoms with Crippen molar-refractivity contribution in [2.45, 2.75) is 105 Å². The zero-order valence-electron chi connectivity index (χ0n) is 19.1. The highest BCUT2D eigenvalue weighted by Gasteiger charge is 2.31. The SMILES string of the molecule is C/C(=C\COC(=O)C(C)(O)C=O)CCC[C@H](C)CCC[C@H](C)CCCC(C)C. The number of hydrogen-bond acceptors (Lipinski definition) is 4. The van der Waals surface area contributed by atoms with Crippen molar-refractivity contribution in [2.24, 2.45) is 17.8 Å². The molecule has 0 aromatic rings. The molecule has 0 aliphatic heterocycles. The molecule has 1 N–H and O–H groups in total. The zero-order valence-corrected chi connectivity index (χ0v) is 19.1. The lowest BCUT2D eigenvalue weighted by atomic mass is 9.91. The third-order valence-electron chi connectivity index (χ3n) is 5.43. The van der Waals surface area contributed by atoms with E-state index >= 15 is 0 Å². The number of carbonyl (C=O) groups excluding carboxylic acids is 2. The minimum atomic E-state index is -2.05. The Labute approximate surface area is 173 Å². The Kier molecular flexibility index (Phi) is 14.2. The minimum Gasteiger partial charge on any atom is -0.459 e. The molecule has 0 spiro atoms. The second-order valence-corrected chi connectivity index (χ2v) is 9.27. The molecule has 164 valence electrons. The summed E-state index contributed by atoms with van der Waals surface area (Å²) >= 11 is 0. The van der Waals surface area contributed by atoms with Crippen molar-refractivity contribution < 1.29 is 19.4 Å². The average molecular weight is 397 g/mol. The van der Waals surface area contributed by atoms with E-state index in [0.29, 0.717) is 0 Å². The predicted molar refractivity (Wildman–Crippen MR) is 116 cm³/mol. The summed E-state index contributed by atoms with van der Waals surface area (Å²) in [5, 5.41) is 9.47. The maximum absolute atomic E-state index is 11.5. The molecule has 0 aliphatic carbocycles. The van der Waals surface area contributed by atoms with Crippen molar-refractivity contribution in [3.8, 4) is 0 Å². The normalized spacial score (nSPS) is 16.5. The molecule has 4 heteroatoms. The van der Waals surface area contributed by atoms with E-state index in [1.807, 2.05) is 13.0 Å². The van der Waals surface area contributed by atoms with Gasteiger partial charge in [-0.1, -0.05) is 78.2 Å². The summed E-state index contributed by atoms with van der Waals surface area (Å²) in [6, 6.07) is 0. The molecule has 0 radical (unpaired) electrons. The maximum Gasteiger partial charge on any atom is 0.345 e. The molecule has 0 saturated carbocycles. The smallest absolute Gasteiger partial charge is 0.345 e. The van der Waals surface area contributed by atoms with E-state index in [1.165, 1.54) is 50.5 Å². The van der Waals surface area contributed by atoms with Gasteiger partial charge in [0, 0.05) is 0 Å². The van der Waals surface area contributed by atoms with E-state index in [2.05, 4.69) is 27.7 Å². The van der Waals surface area contributed by atoms with Gasteiger partial charge in [-0.3, -0.25) is 4.79 Å². The molecule has 28 heavy (non-hydrogen) atoms. The van der Waals surface area contributed by atoms with Crippen LogP contribution in [-0.2, 0) is 14.3 Å². The molecule has 4 nitrogen and oxygen atoms in total. The Hall–Kier alpha value is -1.16. The summed E-state index contributed by atoms with van der Waals surface area (Å²) in [5.41, 5.74) is -0.882. The second-order valence-electron chi connectivity index (χ2n) is 9.27. The van der Waals surface area contributed by atoms with Crippen molar-refractivity contribution in [3.63, 3.8) is 0 Å². The fourth-order valence-corrected chi connectivity index (χ4v) is 3.26.